The van der Waals surface area contributed by atoms with Crippen molar-refractivity contribution in [2.75, 3.05) is 13.7 Å². The summed E-state index contributed by atoms with van der Waals surface area (Å²) >= 11 is 0. The van der Waals surface area contributed by atoms with E-state index in [1.54, 1.807) is 18.2 Å². The minimum absolute atomic E-state index is 0.0716. The number of carbonyl (C=O) groups is 2. The van der Waals surface area contributed by atoms with Gasteiger partial charge in [0.25, 0.3) is 0 Å². The van der Waals surface area contributed by atoms with E-state index in [9.17, 15) is 14.4 Å². The van der Waals surface area contributed by atoms with Crippen molar-refractivity contribution in [2.24, 2.45) is 5.73 Å². The number of primary amides is 1. The molecule has 0 saturated carbocycles. The molecule has 1 aliphatic rings. The Balaban J connectivity index is 1.87. The summed E-state index contributed by atoms with van der Waals surface area (Å²) in [6, 6.07) is 5.37. The third-order valence-corrected chi connectivity index (χ3v) is 4.34. The van der Waals surface area contributed by atoms with Crippen LogP contribution in [0.3, 0.4) is 0 Å². The molecule has 1 aliphatic heterocycles. The highest BCUT2D eigenvalue weighted by atomic mass is 16.5. The maximum Gasteiger partial charge on any atom is 0.336 e. The number of methoxy groups -OCH3 is 1. The van der Waals surface area contributed by atoms with Crippen molar-refractivity contribution < 1.29 is 23.5 Å². The maximum atomic E-state index is 12.2. The lowest BCUT2D eigenvalue weighted by Crippen LogP contribution is -2.49. The lowest BCUT2D eigenvalue weighted by Gasteiger charge is -2.18. The fourth-order valence-corrected chi connectivity index (χ4v) is 3.00. The number of amides is 2. The van der Waals surface area contributed by atoms with Crippen molar-refractivity contribution in [3.05, 3.63) is 40.2 Å². The Morgan fingerprint density at radius 1 is 1.38 bits per heavy atom. The summed E-state index contributed by atoms with van der Waals surface area (Å²) in [4.78, 5) is 35.9. The van der Waals surface area contributed by atoms with Crippen molar-refractivity contribution in [1.82, 2.24) is 5.32 Å². The van der Waals surface area contributed by atoms with Gasteiger partial charge in [0.15, 0.2) is 0 Å². The summed E-state index contributed by atoms with van der Waals surface area (Å²) in [7, 11) is 1.51. The summed E-state index contributed by atoms with van der Waals surface area (Å²) in [6.07, 6.45) is 0.904. The number of nitrogens with two attached hydrogens (primary N) is 1. The van der Waals surface area contributed by atoms with E-state index < -0.39 is 23.7 Å². The molecule has 8 heteroatoms. The third kappa shape index (κ3) is 3.85. The molecular weight excluding hydrogens is 340 g/mol. The molecule has 2 heterocycles. The molecule has 1 aromatic heterocycles. The topological polar surface area (TPSA) is 121 Å². The lowest BCUT2D eigenvalue weighted by atomic mass is 10.0. The summed E-state index contributed by atoms with van der Waals surface area (Å²) < 4.78 is 15.6. The molecule has 2 amide bonds. The minimum Gasteiger partial charge on any atom is -0.497 e. The lowest BCUT2D eigenvalue weighted by molar-refractivity contribution is -0.133. The first kappa shape index (κ1) is 17.9. The fraction of sp³-hybridized carbons (Fsp3) is 0.389. The quantitative estimate of drug-likeness (QED) is 0.724. The SMILES string of the molecule is COc1ccc2c(C[C@@H](NC(=O)[C@@H]3CCCO3)C(N)=O)cc(=O)oc2c1. The highest BCUT2D eigenvalue weighted by Gasteiger charge is 2.28. The van der Waals surface area contributed by atoms with Gasteiger partial charge in [0.1, 0.15) is 23.5 Å². The minimum atomic E-state index is -0.959. The van der Waals surface area contributed by atoms with Gasteiger partial charge in [-0.1, -0.05) is 0 Å². The van der Waals surface area contributed by atoms with Crippen LogP contribution in [-0.4, -0.2) is 37.7 Å². The van der Waals surface area contributed by atoms with Crippen molar-refractivity contribution in [3.8, 4) is 5.75 Å². The highest BCUT2D eigenvalue weighted by molar-refractivity contribution is 5.90. The third-order valence-electron chi connectivity index (χ3n) is 4.34. The largest absolute Gasteiger partial charge is 0.497 e. The Morgan fingerprint density at radius 2 is 2.19 bits per heavy atom. The monoisotopic (exact) mass is 360 g/mol. The molecule has 1 fully saturated rings. The summed E-state index contributed by atoms with van der Waals surface area (Å²) in [5.41, 5.74) is 5.77. The zero-order valence-corrected chi connectivity index (χ0v) is 14.3. The molecule has 3 N–H and O–H groups in total. The van der Waals surface area contributed by atoms with Crippen LogP contribution in [0.1, 0.15) is 18.4 Å². The van der Waals surface area contributed by atoms with Crippen LogP contribution in [0.15, 0.2) is 33.5 Å². The zero-order chi connectivity index (χ0) is 18.7. The molecule has 138 valence electrons. The van der Waals surface area contributed by atoms with Gasteiger partial charge < -0.3 is 24.9 Å². The van der Waals surface area contributed by atoms with Gasteiger partial charge in [-0.3, -0.25) is 9.59 Å². The fourth-order valence-electron chi connectivity index (χ4n) is 3.00. The molecule has 3 rings (SSSR count). The second-order valence-electron chi connectivity index (χ2n) is 6.12. The van der Waals surface area contributed by atoms with E-state index in [1.807, 2.05) is 0 Å². The van der Waals surface area contributed by atoms with E-state index in [2.05, 4.69) is 5.32 Å². The number of carbonyl (C=O) groups excluding carboxylic acids is 2. The molecule has 0 bridgehead atoms. The van der Waals surface area contributed by atoms with E-state index >= 15 is 0 Å². The average molecular weight is 360 g/mol. The highest BCUT2D eigenvalue weighted by Crippen LogP contribution is 2.23. The van der Waals surface area contributed by atoms with Gasteiger partial charge in [-0.15, -0.1) is 0 Å². The molecule has 26 heavy (non-hydrogen) atoms. The number of rotatable bonds is 6. The van der Waals surface area contributed by atoms with Gasteiger partial charge in [0.05, 0.1) is 7.11 Å². The van der Waals surface area contributed by atoms with Gasteiger partial charge >= 0.3 is 5.63 Å². The number of nitrogens with one attached hydrogen (secondary N) is 1. The second-order valence-corrected chi connectivity index (χ2v) is 6.12. The van der Waals surface area contributed by atoms with Crippen LogP contribution in [0.4, 0.5) is 0 Å². The Bertz CT molecular complexity index is 885. The van der Waals surface area contributed by atoms with Crippen LogP contribution < -0.4 is 21.4 Å². The molecule has 1 aromatic carbocycles. The number of ether oxygens (including phenoxy) is 2. The number of hydrogen-bond acceptors (Lipinski definition) is 6. The summed E-state index contributed by atoms with van der Waals surface area (Å²) in [6.45, 7) is 0.519. The molecule has 1 saturated heterocycles. The average Bonchev–Trinajstić information content (AvgIpc) is 3.14. The Labute approximate surface area is 149 Å². The Kier molecular flexibility index (Phi) is 5.22. The number of hydrogen-bond donors (Lipinski definition) is 2. The maximum absolute atomic E-state index is 12.2. The Morgan fingerprint density at radius 3 is 2.85 bits per heavy atom. The second kappa shape index (κ2) is 7.57. The molecule has 0 radical (unpaired) electrons. The van der Waals surface area contributed by atoms with E-state index in [0.717, 1.165) is 6.42 Å². The first-order valence-electron chi connectivity index (χ1n) is 8.30. The van der Waals surface area contributed by atoms with Crippen molar-refractivity contribution in [2.45, 2.75) is 31.4 Å². The van der Waals surface area contributed by atoms with Crippen LogP contribution in [0.5, 0.6) is 5.75 Å². The predicted octanol–water partition coefficient (Wildman–Crippen LogP) is 0.493. The summed E-state index contributed by atoms with van der Waals surface area (Å²) in [5.74, 6) is -0.526. The standard InChI is InChI=1S/C18H20N2O6/c1-24-11-4-5-12-10(8-16(21)26-15(12)9-11)7-13(17(19)22)20-18(23)14-3-2-6-25-14/h4-5,8-9,13-14H,2-3,6-7H2,1H3,(H2,19,22)(H,20,23)/t13-,14+/m1/s1. The van der Waals surface area contributed by atoms with E-state index in [1.165, 1.54) is 13.2 Å². The van der Waals surface area contributed by atoms with Gasteiger partial charge in [0.2, 0.25) is 11.8 Å². The normalized spacial score (nSPS) is 17.8. The Hall–Kier alpha value is -2.87. The molecule has 0 spiro atoms. The van der Waals surface area contributed by atoms with Crippen LogP contribution in [-0.2, 0) is 20.7 Å². The van der Waals surface area contributed by atoms with Gasteiger partial charge in [0, 0.05) is 30.5 Å². The molecule has 0 unspecified atom stereocenters. The molecular formula is C18H20N2O6. The molecule has 8 nitrogen and oxygen atoms in total. The van der Waals surface area contributed by atoms with Crippen molar-refractivity contribution in [1.29, 1.82) is 0 Å². The van der Waals surface area contributed by atoms with E-state index in [4.69, 9.17) is 19.6 Å². The van der Waals surface area contributed by atoms with E-state index in [-0.39, 0.29) is 12.3 Å². The van der Waals surface area contributed by atoms with Gasteiger partial charge in [-0.2, -0.15) is 0 Å². The van der Waals surface area contributed by atoms with Crippen molar-refractivity contribution >= 4 is 22.8 Å². The van der Waals surface area contributed by atoms with Crippen molar-refractivity contribution in [3.63, 3.8) is 0 Å². The number of benzene rings is 1. The summed E-state index contributed by atoms with van der Waals surface area (Å²) in [5, 5.41) is 3.26. The zero-order valence-electron chi connectivity index (χ0n) is 14.3. The molecule has 0 aliphatic carbocycles. The van der Waals surface area contributed by atoms with Crippen LogP contribution in [0.2, 0.25) is 0 Å². The first-order valence-corrected chi connectivity index (χ1v) is 8.30. The van der Waals surface area contributed by atoms with Crippen LogP contribution in [0.25, 0.3) is 11.0 Å². The predicted molar refractivity (Wildman–Crippen MR) is 92.8 cm³/mol. The number of fused-ring (bicyclic) bond motifs is 1. The molecule has 2 aromatic rings. The van der Waals surface area contributed by atoms with Gasteiger partial charge in [-0.25, -0.2) is 4.79 Å². The smallest absolute Gasteiger partial charge is 0.336 e. The van der Waals surface area contributed by atoms with Gasteiger partial charge in [-0.05, 0) is 30.5 Å². The van der Waals surface area contributed by atoms with E-state index in [0.29, 0.717) is 35.3 Å². The van der Waals surface area contributed by atoms with Crippen LogP contribution in [0, 0.1) is 0 Å². The van der Waals surface area contributed by atoms with Crippen LogP contribution >= 0.6 is 0 Å². The first-order chi connectivity index (χ1) is 12.5. The molecule has 2 atom stereocenters.